The van der Waals surface area contributed by atoms with Crippen molar-refractivity contribution < 1.29 is 17.7 Å². The molecule has 114 valence electrons. The van der Waals surface area contributed by atoms with Gasteiger partial charge in [-0.15, -0.1) is 0 Å². The van der Waals surface area contributed by atoms with E-state index in [0.717, 1.165) is 12.1 Å². The van der Waals surface area contributed by atoms with E-state index in [0.29, 0.717) is 12.4 Å². The Morgan fingerprint density at radius 3 is 2.57 bits per heavy atom. The van der Waals surface area contributed by atoms with Crippen LogP contribution in [0.5, 0.6) is 0 Å². The van der Waals surface area contributed by atoms with Crippen molar-refractivity contribution in [2.45, 2.75) is 25.9 Å². The lowest BCUT2D eigenvalue weighted by Crippen LogP contribution is -2.18. The summed E-state index contributed by atoms with van der Waals surface area (Å²) in [4.78, 5) is 4.17. The average molecular weight is 299 g/mol. The highest BCUT2D eigenvalue weighted by atomic mass is 19.4. The number of alkyl halides is 3. The molecule has 2 aromatic rings. The molecule has 21 heavy (non-hydrogen) atoms. The Kier molecular flexibility index (Phi) is 4.32. The first-order chi connectivity index (χ1) is 9.82. The number of hydrogen-bond acceptors (Lipinski definition) is 4. The summed E-state index contributed by atoms with van der Waals surface area (Å²) in [6.07, 6.45) is -4.40. The number of hydrogen-bond donors (Lipinski definition) is 1. The maximum Gasteiger partial charge on any atom is 0.416 e. The van der Waals surface area contributed by atoms with Gasteiger partial charge in [0.25, 0.3) is 0 Å². The van der Waals surface area contributed by atoms with Crippen molar-refractivity contribution in [3.8, 4) is 11.4 Å². The monoisotopic (exact) mass is 299 g/mol. The van der Waals surface area contributed by atoms with Gasteiger partial charge in [0.2, 0.25) is 11.7 Å². The van der Waals surface area contributed by atoms with Gasteiger partial charge in [0.05, 0.1) is 11.5 Å². The molecule has 0 saturated heterocycles. The summed E-state index contributed by atoms with van der Waals surface area (Å²) >= 11 is 0. The van der Waals surface area contributed by atoms with Crippen molar-refractivity contribution in [1.29, 1.82) is 0 Å². The van der Waals surface area contributed by atoms with Crippen LogP contribution in [0.3, 0.4) is 0 Å². The summed E-state index contributed by atoms with van der Waals surface area (Å²) in [6, 6.07) is 4.83. The molecule has 1 aromatic heterocycles. The Hall–Kier alpha value is -1.89. The van der Waals surface area contributed by atoms with E-state index in [1.165, 1.54) is 12.1 Å². The van der Waals surface area contributed by atoms with Crippen molar-refractivity contribution in [2.24, 2.45) is 11.7 Å². The molecule has 0 bridgehead atoms. The van der Waals surface area contributed by atoms with Gasteiger partial charge in [-0.25, -0.2) is 0 Å². The summed E-state index contributed by atoms with van der Waals surface area (Å²) in [5.41, 5.74) is 5.18. The zero-order valence-corrected chi connectivity index (χ0v) is 11.7. The quantitative estimate of drug-likeness (QED) is 0.939. The number of benzene rings is 1. The molecule has 0 radical (unpaired) electrons. The molecular formula is C14H16F3N3O. The molecule has 7 heteroatoms. The summed E-state index contributed by atoms with van der Waals surface area (Å²) < 4.78 is 43.2. The van der Waals surface area contributed by atoms with Crippen LogP contribution < -0.4 is 5.73 Å². The lowest BCUT2D eigenvalue weighted by molar-refractivity contribution is -0.137. The van der Waals surface area contributed by atoms with Crippen LogP contribution in [0.15, 0.2) is 28.8 Å². The second-order valence-electron chi connectivity index (χ2n) is 5.12. The Balaban J connectivity index is 2.34. The molecule has 0 saturated carbocycles. The third-order valence-electron chi connectivity index (χ3n) is 3.27. The second kappa shape index (κ2) is 5.85. The van der Waals surface area contributed by atoms with Gasteiger partial charge in [-0.1, -0.05) is 31.1 Å². The van der Waals surface area contributed by atoms with Crippen LogP contribution in [-0.4, -0.2) is 16.7 Å². The van der Waals surface area contributed by atoms with Crippen LogP contribution in [0, 0.1) is 5.92 Å². The van der Waals surface area contributed by atoms with E-state index in [-0.39, 0.29) is 23.2 Å². The highest BCUT2D eigenvalue weighted by Gasteiger charge is 2.31. The summed E-state index contributed by atoms with van der Waals surface area (Å²) in [6.45, 7) is 4.26. The van der Waals surface area contributed by atoms with Gasteiger partial charge in [-0.3, -0.25) is 0 Å². The highest BCUT2D eigenvalue weighted by Crippen LogP contribution is 2.32. The predicted molar refractivity (Wildman–Crippen MR) is 71.4 cm³/mol. The molecule has 2 N–H and O–H groups in total. The second-order valence-corrected chi connectivity index (χ2v) is 5.12. The minimum absolute atomic E-state index is 0.114. The zero-order chi connectivity index (χ0) is 15.6. The summed E-state index contributed by atoms with van der Waals surface area (Å²) in [5.74, 6) is 0.567. The smallest absolute Gasteiger partial charge is 0.339 e. The Morgan fingerprint density at radius 1 is 1.29 bits per heavy atom. The first kappa shape index (κ1) is 15.5. The summed E-state index contributed by atoms with van der Waals surface area (Å²) in [5, 5.41) is 3.75. The number of halogens is 3. The molecule has 1 heterocycles. The van der Waals surface area contributed by atoms with Crippen LogP contribution in [0.25, 0.3) is 11.4 Å². The van der Waals surface area contributed by atoms with Crippen molar-refractivity contribution >= 4 is 0 Å². The van der Waals surface area contributed by atoms with E-state index in [2.05, 4.69) is 10.1 Å². The van der Waals surface area contributed by atoms with Gasteiger partial charge in [0.1, 0.15) is 0 Å². The fraction of sp³-hybridized carbons (Fsp3) is 0.429. The van der Waals surface area contributed by atoms with E-state index < -0.39 is 11.7 Å². The fourth-order valence-corrected chi connectivity index (χ4v) is 2.00. The maximum absolute atomic E-state index is 12.7. The maximum atomic E-state index is 12.7. The molecular weight excluding hydrogens is 283 g/mol. The molecule has 1 atom stereocenters. The Morgan fingerprint density at radius 2 is 2.00 bits per heavy atom. The first-order valence-corrected chi connectivity index (χ1v) is 6.54. The van der Waals surface area contributed by atoms with Gasteiger partial charge in [-0.05, 0) is 18.1 Å². The number of nitrogens with zero attached hydrogens (tertiary/aromatic N) is 2. The first-order valence-electron chi connectivity index (χ1n) is 6.54. The van der Waals surface area contributed by atoms with Crippen LogP contribution >= 0.6 is 0 Å². The molecule has 2 rings (SSSR count). The average Bonchev–Trinajstić information content (AvgIpc) is 2.88. The van der Waals surface area contributed by atoms with E-state index in [1.54, 1.807) is 0 Å². The van der Waals surface area contributed by atoms with Gasteiger partial charge in [0.15, 0.2) is 0 Å². The molecule has 1 aromatic carbocycles. The largest absolute Gasteiger partial charge is 0.416 e. The standard InChI is InChI=1S/C14H16F3N3O/c1-8(2)11(7-18)13-19-12(20-21-13)9-4-3-5-10(6-9)14(15,16)17/h3-6,8,11H,7,18H2,1-2H3. The van der Waals surface area contributed by atoms with Gasteiger partial charge >= 0.3 is 6.18 Å². The van der Waals surface area contributed by atoms with E-state index in [1.807, 2.05) is 13.8 Å². The van der Waals surface area contributed by atoms with Crippen molar-refractivity contribution in [1.82, 2.24) is 10.1 Å². The number of aromatic nitrogens is 2. The van der Waals surface area contributed by atoms with E-state index >= 15 is 0 Å². The molecule has 0 aliphatic heterocycles. The van der Waals surface area contributed by atoms with Crippen molar-refractivity contribution in [2.75, 3.05) is 6.54 Å². The third-order valence-corrected chi connectivity index (χ3v) is 3.27. The topological polar surface area (TPSA) is 64.9 Å². The van der Waals surface area contributed by atoms with Crippen LogP contribution in [0.1, 0.15) is 31.2 Å². The molecule has 0 fully saturated rings. The lowest BCUT2D eigenvalue weighted by Gasteiger charge is -2.13. The minimum atomic E-state index is -4.40. The molecule has 0 aliphatic carbocycles. The molecule has 0 aliphatic rings. The molecule has 1 unspecified atom stereocenters. The minimum Gasteiger partial charge on any atom is -0.339 e. The molecule has 0 spiro atoms. The number of nitrogens with two attached hydrogens (primary N) is 1. The highest BCUT2D eigenvalue weighted by molar-refractivity contribution is 5.55. The fourth-order valence-electron chi connectivity index (χ4n) is 2.00. The predicted octanol–water partition coefficient (Wildman–Crippen LogP) is 3.45. The van der Waals surface area contributed by atoms with E-state index in [4.69, 9.17) is 10.3 Å². The zero-order valence-electron chi connectivity index (χ0n) is 11.7. The van der Waals surface area contributed by atoms with Gasteiger partial charge in [-0.2, -0.15) is 18.2 Å². The molecule has 4 nitrogen and oxygen atoms in total. The van der Waals surface area contributed by atoms with Crippen LogP contribution in [-0.2, 0) is 6.18 Å². The van der Waals surface area contributed by atoms with Crippen LogP contribution in [0.4, 0.5) is 13.2 Å². The SMILES string of the molecule is CC(C)C(CN)c1nc(-c2cccc(C(F)(F)F)c2)no1. The third kappa shape index (κ3) is 3.41. The molecule has 0 amide bonds. The van der Waals surface area contributed by atoms with Crippen molar-refractivity contribution in [3.05, 3.63) is 35.7 Å². The number of rotatable bonds is 4. The normalized spacial score (nSPS) is 13.7. The Bertz CT molecular complexity index is 608. The van der Waals surface area contributed by atoms with Gasteiger partial charge < -0.3 is 10.3 Å². The van der Waals surface area contributed by atoms with E-state index in [9.17, 15) is 13.2 Å². The Labute approximate surface area is 120 Å². The lowest BCUT2D eigenvalue weighted by atomic mass is 9.96. The van der Waals surface area contributed by atoms with Crippen LogP contribution in [0.2, 0.25) is 0 Å². The van der Waals surface area contributed by atoms with Gasteiger partial charge in [0, 0.05) is 12.1 Å². The summed E-state index contributed by atoms with van der Waals surface area (Å²) in [7, 11) is 0. The van der Waals surface area contributed by atoms with Crippen molar-refractivity contribution in [3.63, 3.8) is 0 Å².